The summed E-state index contributed by atoms with van der Waals surface area (Å²) in [6.45, 7) is 5.01. The molecule has 2 rings (SSSR count). The summed E-state index contributed by atoms with van der Waals surface area (Å²) < 4.78 is 0. The zero-order valence-electron chi connectivity index (χ0n) is 5.88. The van der Waals surface area contributed by atoms with Crippen LogP contribution in [0.3, 0.4) is 0 Å². The van der Waals surface area contributed by atoms with Crippen molar-refractivity contribution in [2.45, 2.75) is 12.8 Å². The highest BCUT2D eigenvalue weighted by atomic mass is 15.2. The number of hydrogen-bond donors (Lipinski definition) is 0. The Morgan fingerprint density at radius 2 is 2.50 bits per heavy atom. The summed E-state index contributed by atoms with van der Waals surface area (Å²) in [7, 11) is 0. The monoisotopic (exact) mass is 134 g/mol. The van der Waals surface area contributed by atoms with Crippen LogP contribution in [-0.4, -0.2) is 17.3 Å². The maximum absolute atomic E-state index is 4.24. The molecule has 0 radical (unpaired) electrons. The highest BCUT2D eigenvalue weighted by Crippen LogP contribution is 2.20. The van der Waals surface area contributed by atoms with E-state index in [1.54, 1.807) is 0 Å². The fourth-order valence-electron chi connectivity index (χ4n) is 1.40. The Morgan fingerprint density at radius 3 is 3.30 bits per heavy atom. The van der Waals surface area contributed by atoms with Gasteiger partial charge in [-0.1, -0.05) is 6.58 Å². The van der Waals surface area contributed by atoms with Crippen molar-refractivity contribution in [1.82, 2.24) is 4.90 Å². The van der Waals surface area contributed by atoms with E-state index in [1.807, 2.05) is 12.3 Å². The molecule has 0 N–H and O–H groups in total. The van der Waals surface area contributed by atoms with E-state index in [1.165, 1.54) is 12.3 Å². The summed E-state index contributed by atoms with van der Waals surface area (Å²) in [5.74, 6) is 1.19. The number of hydrogen-bond acceptors (Lipinski definition) is 2. The van der Waals surface area contributed by atoms with Crippen molar-refractivity contribution in [3.8, 4) is 0 Å². The molecule has 2 heteroatoms. The molecule has 0 bridgehead atoms. The van der Waals surface area contributed by atoms with Crippen LogP contribution in [0.15, 0.2) is 29.5 Å². The average molecular weight is 134 g/mol. The second-order valence-corrected chi connectivity index (χ2v) is 2.61. The van der Waals surface area contributed by atoms with E-state index >= 15 is 0 Å². The van der Waals surface area contributed by atoms with Crippen LogP contribution in [0, 0.1) is 0 Å². The van der Waals surface area contributed by atoms with Gasteiger partial charge in [0, 0.05) is 24.9 Å². The summed E-state index contributed by atoms with van der Waals surface area (Å²) >= 11 is 0. The minimum atomic E-state index is 1.09. The molecule has 0 aliphatic carbocycles. The van der Waals surface area contributed by atoms with Gasteiger partial charge in [-0.15, -0.1) is 0 Å². The molecule has 0 spiro atoms. The molecule has 2 aliphatic rings. The van der Waals surface area contributed by atoms with Crippen LogP contribution >= 0.6 is 0 Å². The molecule has 0 amide bonds. The number of allylic oxidation sites excluding steroid dienone is 1. The van der Waals surface area contributed by atoms with Gasteiger partial charge in [0.05, 0.1) is 0 Å². The molecule has 2 heterocycles. The largest absolute Gasteiger partial charge is 0.330 e. The molecule has 0 saturated carbocycles. The topological polar surface area (TPSA) is 15.6 Å². The first-order chi connectivity index (χ1) is 4.88. The van der Waals surface area contributed by atoms with Crippen molar-refractivity contribution in [2.24, 2.45) is 4.99 Å². The van der Waals surface area contributed by atoms with Gasteiger partial charge in [-0.3, -0.25) is 0 Å². The Kier molecular flexibility index (Phi) is 1.13. The standard InChI is InChI=1S/C8H10N2/c1-7-4-5-9-8-3-2-6-10(7)8/h4-5H,1-3,6H2. The van der Waals surface area contributed by atoms with E-state index in [-0.39, 0.29) is 0 Å². The van der Waals surface area contributed by atoms with Gasteiger partial charge in [0.25, 0.3) is 0 Å². The zero-order chi connectivity index (χ0) is 6.97. The molecule has 0 unspecified atom stereocenters. The molecule has 52 valence electrons. The normalized spacial score (nSPS) is 23.0. The van der Waals surface area contributed by atoms with Crippen LogP contribution in [0.4, 0.5) is 0 Å². The van der Waals surface area contributed by atoms with Gasteiger partial charge in [-0.05, 0) is 12.5 Å². The molecule has 0 atom stereocenters. The van der Waals surface area contributed by atoms with E-state index in [2.05, 4.69) is 16.5 Å². The Labute approximate surface area is 60.6 Å². The van der Waals surface area contributed by atoms with Crippen molar-refractivity contribution in [3.05, 3.63) is 24.6 Å². The summed E-state index contributed by atoms with van der Waals surface area (Å²) in [5, 5.41) is 0. The number of nitrogens with zero attached hydrogens (tertiary/aromatic N) is 2. The lowest BCUT2D eigenvalue weighted by Crippen LogP contribution is -2.24. The first-order valence-electron chi connectivity index (χ1n) is 3.57. The van der Waals surface area contributed by atoms with Gasteiger partial charge in [0.2, 0.25) is 0 Å². The van der Waals surface area contributed by atoms with Crippen LogP contribution in [-0.2, 0) is 0 Å². The van der Waals surface area contributed by atoms with E-state index < -0.39 is 0 Å². The van der Waals surface area contributed by atoms with E-state index in [0.717, 1.165) is 18.7 Å². The summed E-state index contributed by atoms with van der Waals surface area (Å²) in [6.07, 6.45) is 6.12. The van der Waals surface area contributed by atoms with Crippen molar-refractivity contribution < 1.29 is 0 Å². The fraction of sp³-hybridized carbons (Fsp3) is 0.375. The minimum absolute atomic E-state index is 1.09. The van der Waals surface area contributed by atoms with Crippen molar-refractivity contribution in [2.75, 3.05) is 6.54 Å². The lowest BCUT2D eigenvalue weighted by molar-refractivity contribution is 0.569. The molecular formula is C8H10N2. The van der Waals surface area contributed by atoms with Crippen LogP contribution in [0.1, 0.15) is 12.8 Å². The smallest absolute Gasteiger partial charge is 0.109 e. The molecule has 1 fully saturated rings. The van der Waals surface area contributed by atoms with Gasteiger partial charge < -0.3 is 4.90 Å². The summed E-state index contributed by atoms with van der Waals surface area (Å²) in [5.41, 5.74) is 1.09. The fourth-order valence-corrected chi connectivity index (χ4v) is 1.40. The molecule has 10 heavy (non-hydrogen) atoms. The summed E-state index contributed by atoms with van der Waals surface area (Å²) in [4.78, 5) is 6.42. The van der Waals surface area contributed by atoms with Gasteiger partial charge in [0.15, 0.2) is 0 Å². The Morgan fingerprint density at radius 1 is 1.60 bits per heavy atom. The van der Waals surface area contributed by atoms with Gasteiger partial charge >= 0.3 is 0 Å². The van der Waals surface area contributed by atoms with Crippen molar-refractivity contribution in [1.29, 1.82) is 0 Å². The number of amidine groups is 1. The summed E-state index contributed by atoms with van der Waals surface area (Å²) in [6, 6.07) is 0. The lowest BCUT2D eigenvalue weighted by atomic mass is 10.3. The lowest BCUT2D eigenvalue weighted by Gasteiger charge is -2.20. The van der Waals surface area contributed by atoms with E-state index in [0.29, 0.717) is 0 Å². The van der Waals surface area contributed by atoms with Crippen LogP contribution in [0.2, 0.25) is 0 Å². The predicted octanol–water partition coefficient (Wildman–Crippen LogP) is 1.52. The second kappa shape index (κ2) is 1.97. The Hall–Kier alpha value is -1.05. The number of aliphatic imine (C=N–C) groups is 1. The third kappa shape index (κ3) is 0.685. The molecule has 0 aromatic carbocycles. The quantitative estimate of drug-likeness (QED) is 0.490. The molecule has 2 aliphatic heterocycles. The molecule has 1 saturated heterocycles. The third-order valence-electron chi connectivity index (χ3n) is 1.93. The van der Waals surface area contributed by atoms with Gasteiger partial charge in [-0.25, -0.2) is 4.99 Å². The average Bonchev–Trinajstić information content (AvgIpc) is 2.36. The highest BCUT2D eigenvalue weighted by Gasteiger charge is 2.20. The number of rotatable bonds is 0. The number of fused-ring (bicyclic) bond motifs is 1. The zero-order valence-corrected chi connectivity index (χ0v) is 5.88. The molecular weight excluding hydrogens is 124 g/mol. The van der Waals surface area contributed by atoms with Crippen LogP contribution < -0.4 is 0 Å². The SMILES string of the molecule is C=C1C=CN=C2CCCN12. The maximum atomic E-state index is 4.24. The van der Waals surface area contributed by atoms with Crippen LogP contribution in [0.25, 0.3) is 0 Å². The van der Waals surface area contributed by atoms with Crippen molar-refractivity contribution >= 4 is 5.84 Å². The highest BCUT2D eigenvalue weighted by molar-refractivity contribution is 5.87. The maximum Gasteiger partial charge on any atom is 0.109 e. The molecule has 2 nitrogen and oxygen atoms in total. The molecule has 0 aromatic heterocycles. The molecule has 0 aromatic rings. The second-order valence-electron chi connectivity index (χ2n) is 2.61. The van der Waals surface area contributed by atoms with E-state index in [9.17, 15) is 0 Å². The predicted molar refractivity (Wildman–Crippen MR) is 41.7 cm³/mol. The Balaban J connectivity index is 2.33. The van der Waals surface area contributed by atoms with Crippen LogP contribution in [0.5, 0.6) is 0 Å². The first-order valence-corrected chi connectivity index (χ1v) is 3.57. The van der Waals surface area contributed by atoms with Gasteiger partial charge in [-0.2, -0.15) is 0 Å². The third-order valence-corrected chi connectivity index (χ3v) is 1.93. The first kappa shape index (κ1) is 5.71. The minimum Gasteiger partial charge on any atom is -0.330 e. The van der Waals surface area contributed by atoms with Crippen molar-refractivity contribution in [3.63, 3.8) is 0 Å². The van der Waals surface area contributed by atoms with Gasteiger partial charge in [0.1, 0.15) is 5.84 Å². The van der Waals surface area contributed by atoms with E-state index in [4.69, 9.17) is 0 Å². The Bertz CT molecular complexity index is 225.